The molecular weight excluding hydrogens is 299 g/mol. The minimum absolute atomic E-state index is 0.00477. The van der Waals surface area contributed by atoms with E-state index in [1.807, 2.05) is 0 Å². The topological polar surface area (TPSA) is 71.9 Å². The lowest BCUT2D eigenvalue weighted by molar-refractivity contribution is 0.585. The monoisotopic (exact) mass is 306 g/mol. The molecule has 0 unspecified atom stereocenters. The maximum atomic E-state index is 12.2. The number of nitrogens with one attached hydrogen (secondary N) is 1. The van der Waals surface area contributed by atoms with Crippen LogP contribution in [0, 0.1) is 6.92 Å². The number of H-pyrrole nitrogens is 1. The van der Waals surface area contributed by atoms with Gasteiger partial charge >= 0.3 is 5.69 Å². The first kappa shape index (κ1) is 13.2. The Kier molecular flexibility index (Phi) is 3.27. The highest BCUT2D eigenvalue weighted by atomic mass is 35.5. The molecule has 0 spiro atoms. The predicted octanol–water partition coefficient (Wildman–Crippen LogP) is 2.03. The molecule has 1 aromatic carbocycles. The van der Waals surface area contributed by atoms with Crippen LogP contribution in [0.25, 0.3) is 0 Å². The molecule has 8 heteroatoms. The van der Waals surface area contributed by atoms with Crippen molar-refractivity contribution >= 4 is 33.2 Å². The molecule has 0 bridgehead atoms. The van der Waals surface area contributed by atoms with E-state index in [1.165, 1.54) is 24.4 Å². The molecule has 2 rings (SSSR count). The Balaban J connectivity index is 2.73. The molecular formula is C10H8Cl2N2O3S. The van der Waals surface area contributed by atoms with Crippen LogP contribution in [0.15, 0.2) is 34.1 Å². The number of benzene rings is 1. The van der Waals surface area contributed by atoms with Crippen LogP contribution in [-0.2, 0) is 10.0 Å². The zero-order valence-electron chi connectivity index (χ0n) is 9.15. The molecule has 0 amide bonds. The summed E-state index contributed by atoms with van der Waals surface area (Å²) in [5, 5.41) is 0.225. The fraction of sp³-hybridized carbons (Fsp3) is 0.100. The molecule has 96 valence electrons. The third kappa shape index (κ3) is 2.19. The quantitative estimate of drug-likeness (QED) is 0.922. The third-order valence-corrected chi connectivity index (χ3v) is 4.60. The van der Waals surface area contributed by atoms with Gasteiger partial charge in [0.05, 0.1) is 5.02 Å². The molecule has 0 saturated carbocycles. The minimum Gasteiger partial charge on any atom is -0.309 e. The van der Waals surface area contributed by atoms with E-state index in [0.717, 1.165) is 0 Å². The molecule has 1 aromatic heterocycles. The van der Waals surface area contributed by atoms with E-state index in [-0.39, 0.29) is 14.9 Å². The second kappa shape index (κ2) is 4.46. The van der Waals surface area contributed by atoms with Crippen LogP contribution in [0.1, 0.15) is 5.69 Å². The number of nitrogens with zero attached hydrogens (tertiary/aromatic N) is 1. The number of hydrogen-bond acceptors (Lipinski definition) is 3. The zero-order valence-corrected chi connectivity index (χ0v) is 11.5. The van der Waals surface area contributed by atoms with E-state index in [9.17, 15) is 13.2 Å². The third-order valence-electron chi connectivity index (χ3n) is 2.25. The first-order valence-electron chi connectivity index (χ1n) is 4.81. The molecule has 1 heterocycles. The van der Waals surface area contributed by atoms with Gasteiger partial charge in [-0.3, -0.25) is 0 Å². The minimum atomic E-state index is -4.05. The largest absolute Gasteiger partial charge is 0.339 e. The molecule has 0 fully saturated rings. The Bertz CT molecular complexity index is 762. The van der Waals surface area contributed by atoms with Crippen molar-refractivity contribution in [3.05, 3.63) is 50.6 Å². The van der Waals surface area contributed by atoms with Gasteiger partial charge in [0.15, 0.2) is 0 Å². The fourth-order valence-corrected chi connectivity index (χ4v) is 3.46. The van der Waals surface area contributed by atoms with Crippen LogP contribution >= 0.6 is 23.2 Å². The van der Waals surface area contributed by atoms with Crippen molar-refractivity contribution in [2.24, 2.45) is 0 Å². The van der Waals surface area contributed by atoms with E-state index in [0.29, 0.717) is 9.67 Å². The highest BCUT2D eigenvalue weighted by molar-refractivity contribution is 7.90. The van der Waals surface area contributed by atoms with E-state index in [1.54, 1.807) is 6.92 Å². The molecule has 0 saturated heterocycles. The molecule has 1 N–H and O–H groups in total. The summed E-state index contributed by atoms with van der Waals surface area (Å²) in [5.74, 6) is 0. The lowest BCUT2D eigenvalue weighted by Gasteiger charge is -2.06. The Morgan fingerprint density at radius 2 is 1.94 bits per heavy atom. The second-order valence-corrected chi connectivity index (χ2v) is 6.24. The number of hydrogen-bond donors (Lipinski definition) is 1. The van der Waals surface area contributed by atoms with Gasteiger partial charge in [-0.15, -0.1) is 0 Å². The smallest absolute Gasteiger partial charge is 0.309 e. The summed E-state index contributed by atoms with van der Waals surface area (Å²) in [7, 11) is -4.05. The van der Waals surface area contributed by atoms with Crippen molar-refractivity contribution in [3.63, 3.8) is 0 Å². The fourth-order valence-electron chi connectivity index (χ4n) is 1.45. The Hall–Kier alpha value is -1.24. The highest BCUT2D eigenvalue weighted by Crippen LogP contribution is 2.26. The summed E-state index contributed by atoms with van der Waals surface area (Å²) in [5.41, 5.74) is -0.315. The standard InChI is InChI=1S/C10H8Cl2N2O3S/c1-6-5-14(10(15)13-6)18(16,17)9-4-7(11)2-3-8(9)12/h2-5H,1H3,(H,13,15). The van der Waals surface area contributed by atoms with Gasteiger partial charge in [0, 0.05) is 16.9 Å². The lowest BCUT2D eigenvalue weighted by Crippen LogP contribution is -2.24. The van der Waals surface area contributed by atoms with E-state index >= 15 is 0 Å². The van der Waals surface area contributed by atoms with Gasteiger partial charge < -0.3 is 4.98 Å². The average molecular weight is 307 g/mol. The van der Waals surface area contributed by atoms with Crippen molar-refractivity contribution in [1.29, 1.82) is 0 Å². The summed E-state index contributed by atoms with van der Waals surface area (Å²) < 4.78 is 25.1. The van der Waals surface area contributed by atoms with Crippen LogP contribution in [-0.4, -0.2) is 17.4 Å². The van der Waals surface area contributed by atoms with Crippen molar-refractivity contribution in [1.82, 2.24) is 8.96 Å². The van der Waals surface area contributed by atoms with Gasteiger partial charge in [-0.25, -0.2) is 13.2 Å². The van der Waals surface area contributed by atoms with E-state index in [2.05, 4.69) is 4.98 Å². The zero-order chi connectivity index (χ0) is 13.5. The summed E-state index contributed by atoms with van der Waals surface area (Å²) in [6.45, 7) is 1.58. The molecule has 0 aliphatic heterocycles. The van der Waals surface area contributed by atoms with E-state index in [4.69, 9.17) is 23.2 Å². The molecule has 5 nitrogen and oxygen atoms in total. The number of aromatic nitrogens is 2. The number of imidazole rings is 1. The van der Waals surface area contributed by atoms with Gasteiger partial charge in [-0.2, -0.15) is 3.97 Å². The number of aromatic amines is 1. The van der Waals surface area contributed by atoms with Crippen molar-refractivity contribution in [2.75, 3.05) is 0 Å². The molecule has 0 aliphatic carbocycles. The van der Waals surface area contributed by atoms with Gasteiger partial charge in [0.2, 0.25) is 0 Å². The van der Waals surface area contributed by atoms with Gasteiger partial charge in [0.1, 0.15) is 4.90 Å². The molecule has 0 radical (unpaired) electrons. The molecule has 18 heavy (non-hydrogen) atoms. The van der Waals surface area contributed by atoms with Crippen LogP contribution < -0.4 is 5.69 Å². The SMILES string of the molecule is Cc1cn(S(=O)(=O)c2cc(Cl)ccc2Cl)c(=O)[nH]1. The number of rotatable bonds is 2. The van der Waals surface area contributed by atoms with Crippen LogP contribution in [0.2, 0.25) is 10.0 Å². The van der Waals surface area contributed by atoms with Gasteiger partial charge in [-0.1, -0.05) is 23.2 Å². The highest BCUT2D eigenvalue weighted by Gasteiger charge is 2.23. The van der Waals surface area contributed by atoms with E-state index < -0.39 is 15.7 Å². The van der Waals surface area contributed by atoms with Crippen molar-refractivity contribution in [3.8, 4) is 0 Å². The average Bonchev–Trinajstić information content (AvgIpc) is 2.62. The van der Waals surface area contributed by atoms with Gasteiger partial charge in [0.25, 0.3) is 10.0 Å². The summed E-state index contributed by atoms with van der Waals surface area (Å²) in [4.78, 5) is 13.7. The normalized spacial score (nSPS) is 11.7. The number of halogens is 2. The van der Waals surface area contributed by atoms with Crippen molar-refractivity contribution in [2.45, 2.75) is 11.8 Å². The van der Waals surface area contributed by atoms with Crippen LogP contribution in [0.4, 0.5) is 0 Å². The maximum Gasteiger partial charge on any atom is 0.339 e. The van der Waals surface area contributed by atoms with Crippen LogP contribution in [0.3, 0.4) is 0 Å². The lowest BCUT2D eigenvalue weighted by atomic mass is 10.4. The maximum absolute atomic E-state index is 12.2. The Morgan fingerprint density at radius 3 is 2.50 bits per heavy atom. The Labute approximate surface area is 113 Å². The first-order valence-corrected chi connectivity index (χ1v) is 7.01. The second-order valence-electron chi connectivity index (χ2n) is 3.62. The summed E-state index contributed by atoms with van der Waals surface area (Å²) >= 11 is 11.6. The Morgan fingerprint density at radius 1 is 1.28 bits per heavy atom. The van der Waals surface area contributed by atoms with Gasteiger partial charge in [-0.05, 0) is 25.1 Å². The molecule has 0 atom stereocenters. The first-order chi connectivity index (χ1) is 8.32. The summed E-state index contributed by atoms with van der Waals surface area (Å²) in [6.07, 6.45) is 1.19. The number of aryl methyl sites for hydroxylation is 1. The molecule has 2 aromatic rings. The van der Waals surface area contributed by atoms with Crippen LogP contribution in [0.5, 0.6) is 0 Å². The predicted molar refractivity (Wildman–Crippen MR) is 68.8 cm³/mol. The van der Waals surface area contributed by atoms with Crippen molar-refractivity contribution < 1.29 is 8.42 Å². The summed E-state index contributed by atoms with van der Waals surface area (Å²) in [6, 6.07) is 4.03. The molecule has 0 aliphatic rings.